The van der Waals surface area contributed by atoms with Crippen molar-refractivity contribution in [3.05, 3.63) is 23.2 Å². The van der Waals surface area contributed by atoms with E-state index in [1.807, 2.05) is 6.07 Å². The molecular weight excluding hydrogens is 322 g/mol. The lowest BCUT2D eigenvalue weighted by Crippen LogP contribution is -2.46. The number of anilines is 1. The number of hydrogen-bond acceptors (Lipinski definition) is 4. The first-order valence-corrected chi connectivity index (χ1v) is 8.65. The average molecular weight is 340 g/mol. The van der Waals surface area contributed by atoms with Gasteiger partial charge in [0.05, 0.1) is 10.9 Å². The third-order valence-electron chi connectivity index (χ3n) is 3.79. The van der Waals surface area contributed by atoms with Crippen molar-refractivity contribution in [1.82, 2.24) is 10.6 Å². The summed E-state index contributed by atoms with van der Waals surface area (Å²) in [5.41, 5.74) is 0.718. The van der Waals surface area contributed by atoms with Gasteiger partial charge < -0.3 is 16.0 Å². The third kappa shape index (κ3) is 3.74. The molecule has 1 unspecified atom stereocenters. The molecule has 2 atom stereocenters. The minimum Gasteiger partial charge on any atom is -0.352 e. The first kappa shape index (κ1) is 15.6. The van der Waals surface area contributed by atoms with Gasteiger partial charge in [-0.15, -0.1) is 11.8 Å². The van der Waals surface area contributed by atoms with Gasteiger partial charge in [0.2, 0.25) is 11.8 Å². The number of piperidine rings is 1. The molecule has 0 radical (unpaired) electrons. The Morgan fingerprint density at radius 3 is 3.09 bits per heavy atom. The van der Waals surface area contributed by atoms with Gasteiger partial charge in [0.15, 0.2) is 0 Å². The molecule has 118 valence electrons. The van der Waals surface area contributed by atoms with Crippen LogP contribution in [0.5, 0.6) is 0 Å². The lowest BCUT2D eigenvalue weighted by Gasteiger charge is -2.26. The molecule has 3 N–H and O–H groups in total. The van der Waals surface area contributed by atoms with Gasteiger partial charge in [-0.3, -0.25) is 9.59 Å². The molecule has 2 aliphatic heterocycles. The van der Waals surface area contributed by atoms with E-state index in [1.54, 1.807) is 12.1 Å². The van der Waals surface area contributed by atoms with E-state index in [-0.39, 0.29) is 24.3 Å². The normalized spacial score (nSPS) is 24.3. The Morgan fingerprint density at radius 2 is 2.32 bits per heavy atom. The molecule has 1 aromatic rings. The van der Waals surface area contributed by atoms with E-state index in [0.717, 1.165) is 36.5 Å². The molecule has 0 aromatic heterocycles. The van der Waals surface area contributed by atoms with Crippen LogP contribution in [0.1, 0.15) is 19.3 Å². The van der Waals surface area contributed by atoms with E-state index >= 15 is 0 Å². The van der Waals surface area contributed by atoms with Crippen LogP contribution < -0.4 is 16.0 Å². The maximum Gasteiger partial charge on any atom is 0.238 e. The van der Waals surface area contributed by atoms with Crippen molar-refractivity contribution in [3.63, 3.8) is 0 Å². The number of carbonyl (C=O) groups is 2. The Kier molecular flexibility index (Phi) is 4.90. The van der Waals surface area contributed by atoms with E-state index in [0.29, 0.717) is 5.02 Å². The molecule has 2 aliphatic rings. The number of benzene rings is 1. The summed E-state index contributed by atoms with van der Waals surface area (Å²) in [6.07, 6.45) is 2.25. The second-order valence-electron chi connectivity index (χ2n) is 5.55. The molecule has 1 aromatic carbocycles. The topological polar surface area (TPSA) is 70.2 Å². The summed E-state index contributed by atoms with van der Waals surface area (Å²) < 4.78 is 0. The van der Waals surface area contributed by atoms with Crippen molar-refractivity contribution in [1.29, 1.82) is 0 Å². The Hall–Kier alpha value is -1.24. The second-order valence-corrected chi connectivity index (χ2v) is 7.23. The maximum atomic E-state index is 12.1. The first-order valence-electron chi connectivity index (χ1n) is 7.39. The van der Waals surface area contributed by atoms with Crippen molar-refractivity contribution >= 4 is 40.9 Å². The number of carbonyl (C=O) groups excluding carboxylic acids is 2. The highest BCUT2D eigenvalue weighted by Crippen LogP contribution is 2.38. The Morgan fingerprint density at radius 1 is 1.45 bits per heavy atom. The van der Waals surface area contributed by atoms with Crippen molar-refractivity contribution in [2.45, 2.75) is 35.4 Å². The quantitative estimate of drug-likeness (QED) is 0.788. The molecule has 22 heavy (non-hydrogen) atoms. The SMILES string of the molecule is O=C(CC1Sc2ccc(Cl)cc2NC1=O)N[C@H]1CCCNC1. The molecule has 0 saturated carbocycles. The lowest BCUT2D eigenvalue weighted by atomic mass is 10.1. The molecule has 3 rings (SSSR count). The Labute approximate surface area is 138 Å². The minimum atomic E-state index is -0.398. The van der Waals surface area contributed by atoms with Crippen LogP contribution in [-0.2, 0) is 9.59 Å². The van der Waals surface area contributed by atoms with Crippen molar-refractivity contribution < 1.29 is 9.59 Å². The number of hydrogen-bond donors (Lipinski definition) is 3. The number of thioether (sulfide) groups is 1. The summed E-state index contributed by atoms with van der Waals surface area (Å²) in [5.74, 6) is -0.213. The minimum absolute atomic E-state index is 0.0706. The predicted octanol–water partition coefficient (Wildman–Crippen LogP) is 2.01. The largest absolute Gasteiger partial charge is 0.352 e. The number of halogens is 1. The van der Waals surface area contributed by atoms with Crippen LogP contribution in [0.4, 0.5) is 5.69 Å². The van der Waals surface area contributed by atoms with Gasteiger partial charge in [-0.05, 0) is 37.6 Å². The fourth-order valence-electron chi connectivity index (χ4n) is 2.69. The molecule has 1 saturated heterocycles. The highest BCUT2D eigenvalue weighted by atomic mass is 35.5. The van der Waals surface area contributed by atoms with Crippen molar-refractivity contribution in [2.75, 3.05) is 18.4 Å². The van der Waals surface area contributed by atoms with E-state index in [9.17, 15) is 9.59 Å². The molecule has 5 nitrogen and oxygen atoms in total. The van der Waals surface area contributed by atoms with E-state index in [4.69, 9.17) is 11.6 Å². The molecule has 7 heteroatoms. The van der Waals surface area contributed by atoms with Gasteiger partial charge in [0.25, 0.3) is 0 Å². The van der Waals surface area contributed by atoms with Crippen LogP contribution in [0.25, 0.3) is 0 Å². The van der Waals surface area contributed by atoms with Gasteiger partial charge in [-0.1, -0.05) is 11.6 Å². The Bertz CT molecular complexity index is 590. The van der Waals surface area contributed by atoms with E-state index < -0.39 is 5.25 Å². The fourth-order valence-corrected chi connectivity index (χ4v) is 3.95. The number of fused-ring (bicyclic) bond motifs is 1. The molecule has 2 amide bonds. The van der Waals surface area contributed by atoms with Crippen LogP contribution in [0.15, 0.2) is 23.1 Å². The van der Waals surface area contributed by atoms with Gasteiger partial charge in [0.1, 0.15) is 0 Å². The average Bonchev–Trinajstić information content (AvgIpc) is 2.49. The monoisotopic (exact) mass is 339 g/mol. The summed E-state index contributed by atoms with van der Waals surface area (Å²) in [5, 5.41) is 9.27. The number of amides is 2. The van der Waals surface area contributed by atoms with Crippen molar-refractivity contribution in [2.24, 2.45) is 0 Å². The number of rotatable bonds is 3. The lowest BCUT2D eigenvalue weighted by molar-refractivity contribution is -0.124. The fraction of sp³-hybridized carbons (Fsp3) is 0.467. The summed E-state index contributed by atoms with van der Waals surface area (Å²) in [4.78, 5) is 25.2. The van der Waals surface area contributed by atoms with Gasteiger partial charge in [-0.25, -0.2) is 0 Å². The van der Waals surface area contributed by atoms with Gasteiger partial charge >= 0.3 is 0 Å². The predicted molar refractivity (Wildman–Crippen MR) is 88.4 cm³/mol. The van der Waals surface area contributed by atoms with Crippen LogP contribution >= 0.6 is 23.4 Å². The van der Waals surface area contributed by atoms with Crippen LogP contribution in [-0.4, -0.2) is 36.2 Å². The molecule has 0 aliphatic carbocycles. The van der Waals surface area contributed by atoms with E-state index in [2.05, 4.69) is 16.0 Å². The maximum absolute atomic E-state index is 12.1. The summed E-state index contributed by atoms with van der Waals surface area (Å²) in [6, 6.07) is 5.56. The van der Waals surface area contributed by atoms with E-state index in [1.165, 1.54) is 11.8 Å². The Balaban J connectivity index is 1.59. The molecule has 1 fully saturated rings. The van der Waals surface area contributed by atoms with Crippen LogP contribution in [0, 0.1) is 0 Å². The third-order valence-corrected chi connectivity index (χ3v) is 5.30. The molecule has 2 heterocycles. The van der Waals surface area contributed by atoms with Gasteiger partial charge in [-0.2, -0.15) is 0 Å². The first-order chi connectivity index (χ1) is 10.6. The zero-order valence-electron chi connectivity index (χ0n) is 12.0. The molecular formula is C15H18ClN3O2S. The summed E-state index contributed by atoms with van der Waals surface area (Å²) >= 11 is 7.34. The summed E-state index contributed by atoms with van der Waals surface area (Å²) in [6.45, 7) is 1.81. The highest BCUT2D eigenvalue weighted by Gasteiger charge is 2.29. The standard InChI is InChI=1S/C15H18ClN3O2S/c16-9-3-4-12-11(6-9)19-15(21)13(22-12)7-14(20)18-10-2-1-5-17-8-10/h3-4,6,10,13,17H,1-2,5,7-8H2,(H,18,20)(H,19,21)/t10-,13?/m0/s1. The summed E-state index contributed by atoms with van der Waals surface area (Å²) in [7, 11) is 0. The zero-order valence-corrected chi connectivity index (χ0v) is 13.6. The molecule has 0 spiro atoms. The van der Waals surface area contributed by atoms with Gasteiger partial charge in [0, 0.05) is 28.9 Å². The van der Waals surface area contributed by atoms with Crippen LogP contribution in [0.2, 0.25) is 5.02 Å². The smallest absolute Gasteiger partial charge is 0.238 e. The number of nitrogens with one attached hydrogen (secondary N) is 3. The molecule has 0 bridgehead atoms. The highest BCUT2D eigenvalue weighted by molar-refractivity contribution is 8.01. The van der Waals surface area contributed by atoms with Crippen molar-refractivity contribution in [3.8, 4) is 0 Å². The second kappa shape index (κ2) is 6.89. The zero-order chi connectivity index (χ0) is 15.5. The van der Waals surface area contributed by atoms with Crippen LogP contribution in [0.3, 0.4) is 0 Å².